The Hall–Kier alpha value is -2.04. The average Bonchev–Trinajstić information content (AvgIpc) is 2.79. The number of amides is 2. The van der Waals surface area contributed by atoms with Crippen molar-refractivity contribution in [3.8, 4) is 0 Å². The highest BCUT2D eigenvalue weighted by molar-refractivity contribution is 5.76. The molecule has 1 aromatic carbocycles. The molecule has 0 aliphatic heterocycles. The number of nitrogens with one attached hydrogen (secondary N) is 1. The van der Waals surface area contributed by atoms with Crippen LogP contribution in [-0.4, -0.2) is 40.6 Å². The number of carbonyl (C=O) groups is 2. The zero-order valence-corrected chi connectivity index (χ0v) is 12.5. The van der Waals surface area contributed by atoms with E-state index in [1.54, 1.807) is 4.90 Å². The molecule has 5 heteroatoms. The number of aliphatic carboxylic acids is 1. The van der Waals surface area contributed by atoms with Crippen LogP contribution < -0.4 is 5.32 Å². The van der Waals surface area contributed by atoms with Gasteiger partial charge in [-0.05, 0) is 37.8 Å². The van der Waals surface area contributed by atoms with Crippen LogP contribution in [0.1, 0.15) is 31.4 Å². The fraction of sp³-hybridized carbons (Fsp3) is 0.500. The number of nitrogens with zero attached hydrogens (tertiary/aromatic N) is 1. The van der Waals surface area contributed by atoms with Crippen LogP contribution in [0.4, 0.5) is 4.79 Å². The molecule has 0 saturated heterocycles. The molecule has 0 aromatic heterocycles. The highest BCUT2D eigenvalue weighted by Crippen LogP contribution is 2.21. The molecule has 114 valence electrons. The second kappa shape index (κ2) is 6.61. The number of fused-ring (bicyclic) bond motifs is 1. The Morgan fingerprint density at radius 1 is 1.29 bits per heavy atom. The van der Waals surface area contributed by atoms with Gasteiger partial charge in [0.2, 0.25) is 0 Å². The topological polar surface area (TPSA) is 69.6 Å². The number of carbonyl (C=O) groups excluding carboxylic acids is 1. The molecular formula is C16H22N2O3. The van der Waals surface area contributed by atoms with Gasteiger partial charge < -0.3 is 15.3 Å². The van der Waals surface area contributed by atoms with E-state index in [0.717, 1.165) is 12.8 Å². The lowest BCUT2D eigenvalue weighted by Gasteiger charge is -2.28. The lowest BCUT2D eigenvalue weighted by Crippen LogP contribution is -2.48. The Morgan fingerprint density at radius 3 is 2.33 bits per heavy atom. The maximum absolute atomic E-state index is 12.3. The van der Waals surface area contributed by atoms with Gasteiger partial charge >= 0.3 is 12.0 Å². The Balaban J connectivity index is 1.92. The molecule has 2 rings (SSSR count). The van der Waals surface area contributed by atoms with Crippen LogP contribution in [-0.2, 0) is 17.6 Å². The third-order valence-corrected chi connectivity index (χ3v) is 3.83. The van der Waals surface area contributed by atoms with E-state index in [1.807, 2.05) is 26.0 Å². The molecule has 0 radical (unpaired) electrons. The molecule has 0 unspecified atom stereocenters. The summed E-state index contributed by atoms with van der Waals surface area (Å²) in [5, 5.41) is 11.8. The van der Waals surface area contributed by atoms with E-state index in [9.17, 15) is 9.59 Å². The SMILES string of the molecule is CC(C)N(CCC(=O)O)C(=O)NC1Cc2ccccc2C1. The summed E-state index contributed by atoms with van der Waals surface area (Å²) in [5.41, 5.74) is 2.56. The first-order valence-electron chi connectivity index (χ1n) is 7.33. The molecule has 5 nitrogen and oxygen atoms in total. The van der Waals surface area contributed by atoms with Gasteiger partial charge in [-0.15, -0.1) is 0 Å². The summed E-state index contributed by atoms with van der Waals surface area (Å²) in [5.74, 6) is -0.887. The Bertz CT molecular complexity index is 503. The molecule has 0 bridgehead atoms. The van der Waals surface area contributed by atoms with E-state index >= 15 is 0 Å². The second-order valence-electron chi connectivity index (χ2n) is 5.75. The van der Waals surface area contributed by atoms with Crippen LogP contribution in [0.25, 0.3) is 0 Å². The highest BCUT2D eigenvalue weighted by atomic mass is 16.4. The largest absolute Gasteiger partial charge is 0.481 e. The first-order chi connectivity index (χ1) is 9.97. The quantitative estimate of drug-likeness (QED) is 0.872. The van der Waals surface area contributed by atoms with Gasteiger partial charge in [-0.2, -0.15) is 0 Å². The third kappa shape index (κ3) is 3.97. The number of benzene rings is 1. The summed E-state index contributed by atoms with van der Waals surface area (Å²) in [4.78, 5) is 24.6. The molecule has 0 heterocycles. The Labute approximate surface area is 125 Å². The minimum Gasteiger partial charge on any atom is -0.481 e. The molecule has 1 aromatic rings. The van der Waals surface area contributed by atoms with E-state index < -0.39 is 5.97 Å². The van der Waals surface area contributed by atoms with Crippen molar-refractivity contribution in [2.24, 2.45) is 0 Å². The van der Waals surface area contributed by atoms with E-state index in [-0.39, 0.29) is 31.1 Å². The van der Waals surface area contributed by atoms with Crippen molar-refractivity contribution in [2.45, 2.75) is 45.2 Å². The number of hydrogen-bond acceptors (Lipinski definition) is 2. The van der Waals surface area contributed by atoms with Gasteiger partial charge in [-0.3, -0.25) is 4.79 Å². The molecule has 0 atom stereocenters. The summed E-state index contributed by atoms with van der Waals surface area (Å²) in [7, 11) is 0. The number of rotatable bonds is 5. The van der Waals surface area contributed by atoms with Crippen molar-refractivity contribution < 1.29 is 14.7 Å². The Morgan fingerprint density at radius 2 is 1.86 bits per heavy atom. The highest BCUT2D eigenvalue weighted by Gasteiger charge is 2.25. The maximum atomic E-state index is 12.3. The van der Waals surface area contributed by atoms with E-state index in [0.29, 0.717) is 0 Å². The smallest absolute Gasteiger partial charge is 0.317 e. The zero-order valence-electron chi connectivity index (χ0n) is 12.5. The molecule has 2 N–H and O–H groups in total. The van der Waals surface area contributed by atoms with Crippen molar-refractivity contribution in [1.82, 2.24) is 10.2 Å². The van der Waals surface area contributed by atoms with Gasteiger partial charge in [0.05, 0.1) is 6.42 Å². The summed E-state index contributed by atoms with van der Waals surface area (Å²) >= 11 is 0. The van der Waals surface area contributed by atoms with Gasteiger partial charge in [0.25, 0.3) is 0 Å². The van der Waals surface area contributed by atoms with Crippen molar-refractivity contribution in [3.63, 3.8) is 0 Å². The van der Waals surface area contributed by atoms with Gasteiger partial charge in [0.1, 0.15) is 0 Å². The van der Waals surface area contributed by atoms with Crippen LogP contribution in [0.2, 0.25) is 0 Å². The van der Waals surface area contributed by atoms with Crippen LogP contribution in [0.3, 0.4) is 0 Å². The summed E-state index contributed by atoms with van der Waals surface area (Å²) in [6.45, 7) is 4.02. The van der Waals surface area contributed by atoms with Crippen LogP contribution in [0, 0.1) is 0 Å². The number of carboxylic acids is 1. The van der Waals surface area contributed by atoms with Crippen LogP contribution in [0.5, 0.6) is 0 Å². The van der Waals surface area contributed by atoms with Crippen molar-refractivity contribution >= 4 is 12.0 Å². The van der Waals surface area contributed by atoms with Crippen LogP contribution in [0.15, 0.2) is 24.3 Å². The Kier molecular flexibility index (Phi) is 4.83. The standard InChI is InChI=1S/C16H22N2O3/c1-11(2)18(8-7-15(19)20)16(21)17-14-9-12-5-3-4-6-13(12)10-14/h3-6,11,14H,7-10H2,1-2H3,(H,17,21)(H,19,20). The fourth-order valence-corrected chi connectivity index (χ4v) is 2.73. The molecule has 21 heavy (non-hydrogen) atoms. The summed E-state index contributed by atoms with van der Waals surface area (Å²) < 4.78 is 0. The van der Waals surface area contributed by atoms with Gasteiger partial charge in [0.15, 0.2) is 0 Å². The van der Waals surface area contributed by atoms with E-state index in [4.69, 9.17) is 5.11 Å². The lowest BCUT2D eigenvalue weighted by atomic mass is 10.1. The summed E-state index contributed by atoms with van der Waals surface area (Å²) in [6, 6.07) is 8.10. The second-order valence-corrected chi connectivity index (χ2v) is 5.75. The van der Waals surface area contributed by atoms with Gasteiger partial charge in [0, 0.05) is 18.6 Å². The van der Waals surface area contributed by atoms with Crippen molar-refractivity contribution in [1.29, 1.82) is 0 Å². The summed E-state index contributed by atoms with van der Waals surface area (Å²) in [6.07, 6.45) is 1.65. The third-order valence-electron chi connectivity index (χ3n) is 3.83. The fourth-order valence-electron chi connectivity index (χ4n) is 2.73. The normalized spacial score (nSPS) is 14.0. The first kappa shape index (κ1) is 15.4. The molecule has 2 amide bonds. The minimum absolute atomic E-state index is 0.0203. The van der Waals surface area contributed by atoms with Crippen molar-refractivity contribution in [2.75, 3.05) is 6.54 Å². The predicted molar refractivity (Wildman–Crippen MR) is 80.3 cm³/mol. The average molecular weight is 290 g/mol. The minimum atomic E-state index is -0.887. The molecule has 1 aliphatic rings. The van der Waals surface area contributed by atoms with Gasteiger partial charge in [-0.25, -0.2) is 4.79 Å². The van der Waals surface area contributed by atoms with E-state index in [2.05, 4.69) is 17.4 Å². The predicted octanol–water partition coefficient (Wildman–Crippen LogP) is 2.05. The molecular weight excluding hydrogens is 268 g/mol. The first-order valence-corrected chi connectivity index (χ1v) is 7.33. The molecule has 0 fully saturated rings. The van der Waals surface area contributed by atoms with Gasteiger partial charge in [-0.1, -0.05) is 24.3 Å². The number of carboxylic acid groups (broad SMARTS) is 1. The van der Waals surface area contributed by atoms with Crippen molar-refractivity contribution in [3.05, 3.63) is 35.4 Å². The number of urea groups is 1. The molecule has 0 spiro atoms. The van der Waals surface area contributed by atoms with E-state index in [1.165, 1.54) is 11.1 Å². The number of hydrogen-bond donors (Lipinski definition) is 2. The zero-order chi connectivity index (χ0) is 15.4. The maximum Gasteiger partial charge on any atom is 0.317 e. The molecule has 1 aliphatic carbocycles. The molecule has 0 saturated carbocycles. The monoisotopic (exact) mass is 290 g/mol. The van der Waals surface area contributed by atoms with Crippen LogP contribution >= 0.6 is 0 Å². The lowest BCUT2D eigenvalue weighted by molar-refractivity contribution is -0.137.